The molecular weight excluding hydrogens is 287 g/mol. The summed E-state index contributed by atoms with van der Waals surface area (Å²) in [6, 6.07) is 5.25. The number of nitrogens with zero attached hydrogens (tertiary/aromatic N) is 2. The molecule has 21 heavy (non-hydrogen) atoms. The second-order valence-corrected chi connectivity index (χ2v) is 7.00. The van der Waals surface area contributed by atoms with E-state index < -0.39 is 0 Å². The summed E-state index contributed by atoms with van der Waals surface area (Å²) in [5.74, 6) is 3.77. The van der Waals surface area contributed by atoms with Crippen molar-refractivity contribution in [3.63, 3.8) is 0 Å². The highest BCUT2D eigenvalue weighted by atomic mass is 35.5. The van der Waals surface area contributed by atoms with Crippen LogP contribution >= 0.6 is 11.6 Å². The predicted molar refractivity (Wildman–Crippen MR) is 83.1 cm³/mol. The maximum absolute atomic E-state index is 14.0. The Kier molecular flexibility index (Phi) is 3.41. The fourth-order valence-electron chi connectivity index (χ4n) is 4.47. The smallest absolute Gasteiger partial charge is 0.151 e. The maximum atomic E-state index is 14.0. The van der Waals surface area contributed by atoms with Crippen molar-refractivity contribution >= 4 is 22.6 Å². The average Bonchev–Trinajstić information content (AvgIpc) is 3.16. The number of hydrogen-bond donors (Lipinski definition) is 0. The van der Waals surface area contributed by atoms with Gasteiger partial charge >= 0.3 is 0 Å². The zero-order valence-corrected chi connectivity index (χ0v) is 12.8. The zero-order chi connectivity index (χ0) is 14.4. The Morgan fingerprint density at radius 2 is 2.19 bits per heavy atom. The molecule has 2 aromatic rings. The Hall–Kier alpha value is -1.09. The molecule has 0 saturated heterocycles. The highest BCUT2D eigenvalue weighted by molar-refractivity contribution is 6.17. The molecule has 1 aromatic carbocycles. The van der Waals surface area contributed by atoms with Gasteiger partial charge in [0.05, 0.1) is 5.52 Å². The molecule has 2 aliphatic carbocycles. The highest BCUT2D eigenvalue weighted by Crippen LogP contribution is 2.49. The third kappa shape index (κ3) is 2.26. The number of imidazole rings is 1. The minimum absolute atomic E-state index is 0.227. The number of para-hydroxylation sites is 1. The third-order valence-electron chi connectivity index (χ3n) is 5.43. The Bertz CT molecular complexity index is 666. The van der Waals surface area contributed by atoms with Crippen LogP contribution in [-0.4, -0.2) is 15.4 Å². The van der Waals surface area contributed by atoms with Gasteiger partial charge in [0.1, 0.15) is 11.3 Å². The molecule has 4 rings (SSSR count). The van der Waals surface area contributed by atoms with Gasteiger partial charge in [-0.25, -0.2) is 9.37 Å². The van der Waals surface area contributed by atoms with Gasteiger partial charge in [-0.05, 0) is 49.1 Å². The third-order valence-corrected chi connectivity index (χ3v) is 5.62. The van der Waals surface area contributed by atoms with Gasteiger partial charge in [0.15, 0.2) is 5.82 Å². The van der Waals surface area contributed by atoms with Crippen molar-refractivity contribution in [3.8, 4) is 0 Å². The van der Waals surface area contributed by atoms with Gasteiger partial charge in [-0.2, -0.15) is 0 Å². The minimum atomic E-state index is -0.227. The molecule has 2 aliphatic rings. The first-order chi connectivity index (χ1) is 10.3. The molecule has 3 unspecified atom stereocenters. The van der Waals surface area contributed by atoms with Gasteiger partial charge < -0.3 is 4.57 Å². The van der Waals surface area contributed by atoms with Crippen LogP contribution < -0.4 is 0 Å². The van der Waals surface area contributed by atoms with Crippen molar-refractivity contribution in [1.82, 2.24) is 9.55 Å². The van der Waals surface area contributed by atoms with E-state index in [1.807, 2.05) is 6.07 Å². The second-order valence-electron chi connectivity index (χ2n) is 6.62. The maximum Gasteiger partial charge on any atom is 0.151 e. The molecule has 1 aromatic heterocycles. The fraction of sp³-hybridized carbons (Fsp3) is 0.588. The summed E-state index contributed by atoms with van der Waals surface area (Å²) < 4.78 is 16.2. The van der Waals surface area contributed by atoms with Gasteiger partial charge in [0.2, 0.25) is 0 Å². The van der Waals surface area contributed by atoms with Crippen LogP contribution in [-0.2, 0) is 13.0 Å². The summed E-state index contributed by atoms with van der Waals surface area (Å²) in [6.45, 7) is 0.980. The molecular formula is C17H20ClFN2. The number of fused-ring (bicyclic) bond motifs is 3. The molecule has 2 nitrogen and oxygen atoms in total. The molecule has 0 amide bonds. The fourth-order valence-corrected chi connectivity index (χ4v) is 4.64. The average molecular weight is 307 g/mol. The SMILES string of the molecule is Fc1cccc2c1nc(CCCl)n2CC1CC2CCC1C2. The first-order valence-corrected chi connectivity index (χ1v) is 8.49. The van der Waals surface area contributed by atoms with Crippen LogP contribution in [0.3, 0.4) is 0 Å². The lowest BCUT2D eigenvalue weighted by molar-refractivity contribution is 0.296. The van der Waals surface area contributed by atoms with Crippen molar-refractivity contribution in [3.05, 3.63) is 29.8 Å². The summed E-state index contributed by atoms with van der Waals surface area (Å²) in [4.78, 5) is 4.51. The van der Waals surface area contributed by atoms with Gasteiger partial charge in [0.25, 0.3) is 0 Å². The lowest BCUT2D eigenvalue weighted by Gasteiger charge is -2.23. The van der Waals surface area contributed by atoms with Crippen LogP contribution in [0.4, 0.5) is 4.39 Å². The van der Waals surface area contributed by atoms with Crippen LogP contribution in [0.25, 0.3) is 11.0 Å². The molecule has 4 heteroatoms. The van der Waals surface area contributed by atoms with E-state index in [2.05, 4.69) is 9.55 Å². The molecule has 0 spiro atoms. The van der Waals surface area contributed by atoms with Crippen LogP contribution in [0.2, 0.25) is 0 Å². The minimum Gasteiger partial charge on any atom is -0.328 e. The molecule has 0 aliphatic heterocycles. The number of hydrogen-bond acceptors (Lipinski definition) is 1. The van der Waals surface area contributed by atoms with E-state index in [9.17, 15) is 4.39 Å². The van der Waals surface area contributed by atoms with Crippen LogP contribution in [0.15, 0.2) is 18.2 Å². The topological polar surface area (TPSA) is 17.8 Å². The number of alkyl halides is 1. The van der Waals surface area contributed by atoms with E-state index in [0.717, 1.165) is 35.6 Å². The zero-order valence-electron chi connectivity index (χ0n) is 12.1. The molecule has 0 N–H and O–H groups in total. The number of rotatable bonds is 4. The molecule has 2 saturated carbocycles. The van der Waals surface area contributed by atoms with E-state index in [4.69, 9.17) is 11.6 Å². The summed E-state index contributed by atoms with van der Waals surface area (Å²) in [7, 11) is 0. The summed E-state index contributed by atoms with van der Waals surface area (Å²) in [6.07, 6.45) is 6.23. The largest absolute Gasteiger partial charge is 0.328 e. The van der Waals surface area contributed by atoms with Crippen molar-refractivity contribution in [1.29, 1.82) is 0 Å². The number of aromatic nitrogens is 2. The Balaban J connectivity index is 1.72. The number of halogens is 2. The van der Waals surface area contributed by atoms with Crippen LogP contribution in [0.5, 0.6) is 0 Å². The van der Waals surface area contributed by atoms with Crippen molar-refractivity contribution in [2.75, 3.05) is 5.88 Å². The quantitative estimate of drug-likeness (QED) is 0.766. The van der Waals surface area contributed by atoms with E-state index >= 15 is 0 Å². The summed E-state index contributed by atoms with van der Waals surface area (Å²) >= 11 is 5.91. The normalized spacial score (nSPS) is 27.8. The Morgan fingerprint density at radius 3 is 2.90 bits per heavy atom. The van der Waals surface area contributed by atoms with Crippen molar-refractivity contribution in [2.24, 2.45) is 17.8 Å². The summed E-state index contributed by atoms with van der Waals surface area (Å²) in [5.41, 5.74) is 1.43. The number of aryl methyl sites for hydroxylation is 1. The molecule has 2 bridgehead atoms. The van der Waals surface area contributed by atoms with Crippen LogP contribution in [0.1, 0.15) is 31.5 Å². The monoisotopic (exact) mass is 306 g/mol. The molecule has 2 fully saturated rings. The van der Waals surface area contributed by atoms with Crippen LogP contribution in [0, 0.1) is 23.6 Å². The van der Waals surface area contributed by atoms with Gasteiger partial charge in [-0.1, -0.05) is 12.5 Å². The molecule has 0 radical (unpaired) electrons. The lowest BCUT2D eigenvalue weighted by Crippen LogP contribution is -2.19. The van der Waals surface area contributed by atoms with E-state index in [0.29, 0.717) is 17.8 Å². The van der Waals surface area contributed by atoms with E-state index in [1.165, 1.54) is 31.7 Å². The molecule has 1 heterocycles. The second kappa shape index (κ2) is 5.28. The molecule has 3 atom stereocenters. The predicted octanol–water partition coefficient (Wildman–Crippen LogP) is 4.39. The van der Waals surface area contributed by atoms with Gasteiger partial charge in [-0.3, -0.25) is 0 Å². The first-order valence-electron chi connectivity index (χ1n) is 7.96. The standard InChI is InChI=1S/C17H20ClFN2/c18-7-6-16-20-17-14(19)2-1-3-15(17)21(16)10-13-9-11-4-5-12(13)8-11/h1-3,11-13H,4-10H2. The summed E-state index contributed by atoms with van der Waals surface area (Å²) in [5, 5.41) is 0. The van der Waals surface area contributed by atoms with Crippen molar-refractivity contribution in [2.45, 2.75) is 38.6 Å². The van der Waals surface area contributed by atoms with Gasteiger partial charge in [0, 0.05) is 18.8 Å². The van der Waals surface area contributed by atoms with Gasteiger partial charge in [-0.15, -0.1) is 11.6 Å². The van der Waals surface area contributed by atoms with E-state index in [-0.39, 0.29) is 5.82 Å². The van der Waals surface area contributed by atoms with E-state index in [1.54, 1.807) is 6.07 Å². The Morgan fingerprint density at radius 1 is 1.29 bits per heavy atom. The highest BCUT2D eigenvalue weighted by Gasteiger charge is 2.39. The van der Waals surface area contributed by atoms with Crippen molar-refractivity contribution < 1.29 is 4.39 Å². The lowest BCUT2D eigenvalue weighted by atomic mass is 9.88. The Labute approximate surface area is 129 Å². The molecule has 112 valence electrons. The first kappa shape index (κ1) is 13.6. The number of benzene rings is 1.